The van der Waals surface area contributed by atoms with E-state index in [1.54, 1.807) is 48.5 Å². The molecule has 0 radical (unpaired) electrons. The molecule has 118 valence electrons. The summed E-state index contributed by atoms with van der Waals surface area (Å²) in [5.74, 6) is -1.63. The normalized spacial score (nSPS) is 9.78. The molecule has 2 rings (SSSR count). The molecule has 1 N–H and O–H groups in total. The Balaban J connectivity index is 1.90. The third kappa shape index (κ3) is 4.41. The summed E-state index contributed by atoms with van der Waals surface area (Å²) in [6.45, 7) is -0.547. The van der Waals surface area contributed by atoms with Crippen LogP contribution in [0.2, 0.25) is 0 Å². The standard InChI is InChI=1S/C17H15NO5/c1-22-14-10-6-5-9-13(14)16(20)18-15(19)11-23-17(21)12-7-3-2-4-8-12/h2-10H,11H2,1H3,(H,18,19,20). The van der Waals surface area contributed by atoms with Gasteiger partial charge >= 0.3 is 5.97 Å². The molecule has 2 aromatic carbocycles. The van der Waals surface area contributed by atoms with Crippen LogP contribution in [0.15, 0.2) is 54.6 Å². The van der Waals surface area contributed by atoms with E-state index in [2.05, 4.69) is 5.32 Å². The smallest absolute Gasteiger partial charge is 0.338 e. The number of hydrogen-bond acceptors (Lipinski definition) is 5. The van der Waals surface area contributed by atoms with Crippen molar-refractivity contribution in [2.24, 2.45) is 0 Å². The van der Waals surface area contributed by atoms with Crippen LogP contribution in [-0.2, 0) is 9.53 Å². The maximum Gasteiger partial charge on any atom is 0.338 e. The summed E-state index contributed by atoms with van der Waals surface area (Å²) in [5.41, 5.74) is 0.550. The molecule has 0 spiro atoms. The largest absolute Gasteiger partial charge is 0.496 e. The van der Waals surface area contributed by atoms with Gasteiger partial charge in [-0.05, 0) is 24.3 Å². The van der Waals surface area contributed by atoms with E-state index < -0.39 is 24.4 Å². The number of ether oxygens (including phenoxy) is 2. The summed E-state index contributed by atoms with van der Waals surface area (Å²) in [7, 11) is 1.43. The van der Waals surface area contributed by atoms with Crippen molar-refractivity contribution < 1.29 is 23.9 Å². The Morgan fingerprint density at radius 1 is 0.957 bits per heavy atom. The molecule has 0 aromatic heterocycles. The highest BCUT2D eigenvalue weighted by molar-refractivity contribution is 6.07. The molecule has 0 atom stereocenters. The molecule has 2 amide bonds. The highest BCUT2D eigenvalue weighted by Crippen LogP contribution is 2.16. The Bertz CT molecular complexity index is 712. The van der Waals surface area contributed by atoms with E-state index in [0.29, 0.717) is 11.3 Å². The summed E-state index contributed by atoms with van der Waals surface area (Å²) in [5, 5.41) is 2.14. The lowest BCUT2D eigenvalue weighted by Gasteiger charge is -2.08. The molecular formula is C17H15NO5. The van der Waals surface area contributed by atoms with E-state index in [1.165, 1.54) is 13.2 Å². The summed E-state index contributed by atoms with van der Waals surface area (Å²) in [4.78, 5) is 35.4. The molecule has 0 aliphatic rings. The fourth-order valence-corrected chi connectivity index (χ4v) is 1.85. The van der Waals surface area contributed by atoms with Crippen molar-refractivity contribution in [3.05, 3.63) is 65.7 Å². The van der Waals surface area contributed by atoms with Crippen molar-refractivity contribution in [3.8, 4) is 5.75 Å². The molecule has 0 aliphatic carbocycles. The fourth-order valence-electron chi connectivity index (χ4n) is 1.85. The number of amides is 2. The third-order valence-corrected chi connectivity index (χ3v) is 2.95. The predicted octanol–water partition coefficient (Wildman–Crippen LogP) is 1.81. The first kappa shape index (κ1) is 16.2. The van der Waals surface area contributed by atoms with Gasteiger partial charge in [-0.3, -0.25) is 14.9 Å². The number of hydrogen-bond donors (Lipinski definition) is 1. The predicted molar refractivity (Wildman–Crippen MR) is 82.2 cm³/mol. The zero-order valence-corrected chi connectivity index (χ0v) is 12.4. The van der Waals surface area contributed by atoms with Gasteiger partial charge < -0.3 is 9.47 Å². The molecule has 0 aliphatic heterocycles. The average Bonchev–Trinajstić information content (AvgIpc) is 2.60. The van der Waals surface area contributed by atoms with Gasteiger partial charge in [-0.25, -0.2) is 4.79 Å². The van der Waals surface area contributed by atoms with Crippen molar-refractivity contribution >= 4 is 17.8 Å². The van der Waals surface area contributed by atoms with E-state index in [-0.39, 0.29) is 5.56 Å². The summed E-state index contributed by atoms with van der Waals surface area (Å²) >= 11 is 0. The second kappa shape index (κ2) is 7.74. The lowest BCUT2D eigenvalue weighted by atomic mass is 10.2. The maximum atomic E-state index is 12.0. The second-order valence-electron chi connectivity index (χ2n) is 4.52. The quantitative estimate of drug-likeness (QED) is 0.851. The first-order valence-electron chi connectivity index (χ1n) is 6.81. The monoisotopic (exact) mass is 313 g/mol. The number of methoxy groups -OCH3 is 1. The highest BCUT2D eigenvalue weighted by Gasteiger charge is 2.16. The van der Waals surface area contributed by atoms with Crippen molar-refractivity contribution in [2.45, 2.75) is 0 Å². The van der Waals surface area contributed by atoms with Gasteiger partial charge in [-0.2, -0.15) is 0 Å². The van der Waals surface area contributed by atoms with E-state index in [1.807, 2.05) is 0 Å². The van der Waals surface area contributed by atoms with Crippen LogP contribution in [0.1, 0.15) is 20.7 Å². The van der Waals surface area contributed by atoms with Crippen LogP contribution >= 0.6 is 0 Å². The molecule has 0 fully saturated rings. The van der Waals surface area contributed by atoms with E-state index in [0.717, 1.165) is 0 Å². The SMILES string of the molecule is COc1ccccc1C(=O)NC(=O)COC(=O)c1ccccc1. The number of para-hydroxylation sites is 1. The lowest BCUT2D eigenvalue weighted by Crippen LogP contribution is -2.34. The van der Waals surface area contributed by atoms with Crippen molar-refractivity contribution in [2.75, 3.05) is 13.7 Å². The van der Waals surface area contributed by atoms with Crippen molar-refractivity contribution in [3.63, 3.8) is 0 Å². The number of carbonyl (C=O) groups excluding carboxylic acids is 3. The molecule has 0 unspecified atom stereocenters. The van der Waals surface area contributed by atoms with Gasteiger partial charge in [0.2, 0.25) is 0 Å². The van der Waals surface area contributed by atoms with E-state index in [4.69, 9.17) is 9.47 Å². The van der Waals surface area contributed by atoms with Crippen LogP contribution in [-0.4, -0.2) is 31.5 Å². The van der Waals surface area contributed by atoms with Crippen LogP contribution in [0.5, 0.6) is 5.75 Å². The Morgan fingerprint density at radius 2 is 1.61 bits per heavy atom. The van der Waals surface area contributed by atoms with Gasteiger partial charge in [0.1, 0.15) is 5.75 Å². The molecular weight excluding hydrogens is 298 g/mol. The van der Waals surface area contributed by atoms with Crippen molar-refractivity contribution in [1.82, 2.24) is 5.32 Å². The van der Waals surface area contributed by atoms with Gasteiger partial charge in [-0.15, -0.1) is 0 Å². The molecule has 0 bridgehead atoms. The highest BCUT2D eigenvalue weighted by atomic mass is 16.5. The van der Waals surface area contributed by atoms with Crippen LogP contribution in [0.25, 0.3) is 0 Å². The minimum Gasteiger partial charge on any atom is -0.496 e. The molecule has 23 heavy (non-hydrogen) atoms. The molecule has 6 nitrogen and oxygen atoms in total. The zero-order valence-electron chi connectivity index (χ0n) is 12.4. The minimum atomic E-state index is -0.717. The Kier molecular flexibility index (Phi) is 5.46. The van der Waals surface area contributed by atoms with Crippen LogP contribution in [0.3, 0.4) is 0 Å². The first-order chi connectivity index (χ1) is 11.1. The number of carbonyl (C=O) groups is 3. The van der Waals surface area contributed by atoms with E-state index >= 15 is 0 Å². The summed E-state index contributed by atoms with van der Waals surface area (Å²) in [6, 6.07) is 14.8. The molecule has 0 saturated carbocycles. The van der Waals surface area contributed by atoms with Crippen LogP contribution in [0, 0.1) is 0 Å². The lowest BCUT2D eigenvalue weighted by molar-refractivity contribution is -0.123. The number of nitrogens with one attached hydrogen (secondary N) is 1. The minimum absolute atomic E-state index is 0.220. The van der Waals surface area contributed by atoms with E-state index in [9.17, 15) is 14.4 Å². The first-order valence-corrected chi connectivity index (χ1v) is 6.81. The van der Waals surface area contributed by atoms with Crippen LogP contribution in [0.4, 0.5) is 0 Å². The van der Waals surface area contributed by atoms with Crippen LogP contribution < -0.4 is 10.1 Å². The summed E-state index contributed by atoms with van der Waals surface area (Å²) < 4.78 is 9.90. The fraction of sp³-hybridized carbons (Fsp3) is 0.118. The molecule has 6 heteroatoms. The number of esters is 1. The Hall–Kier alpha value is -3.15. The van der Waals surface area contributed by atoms with Gasteiger partial charge in [0.15, 0.2) is 6.61 Å². The molecule has 0 heterocycles. The summed E-state index contributed by atoms with van der Waals surface area (Å²) in [6.07, 6.45) is 0. The Morgan fingerprint density at radius 3 is 2.30 bits per heavy atom. The van der Waals surface area contributed by atoms with Gasteiger partial charge in [0, 0.05) is 0 Å². The number of imide groups is 1. The van der Waals surface area contributed by atoms with Gasteiger partial charge in [-0.1, -0.05) is 30.3 Å². The topological polar surface area (TPSA) is 81.7 Å². The van der Waals surface area contributed by atoms with Gasteiger partial charge in [0.25, 0.3) is 11.8 Å². The average molecular weight is 313 g/mol. The number of benzene rings is 2. The van der Waals surface area contributed by atoms with Crippen molar-refractivity contribution in [1.29, 1.82) is 0 Å². The zero-order chi connectivity index (χ0) is 16.7. The van der Waals surface area contributed by atoms with Gasteiger partial charge in [0.05, 0.1) is 18.2 Å². The maximum absolute atomic E-state index is 12.0. The molecule has 0 saturated heterocycles. The number of rotatable bonds is 5. The molecule has 2 aromatic rings. The Labute approximate surface area is 133 Å². The second-order valence-corrected chi connectivity index (χ2v) is 4.52. The third-order valence-electron chi connectivity index (χ3n) is 2.95.